The van der Waals surface area contributed by atoms with Crippen LogP contribution in [0.25, 0.3) is 5.70 Å². The van der Waals surface area contributed by atoms with E-state index in [4.69, 9.17) is 12.2 Å². The maximum absolute atomic E-state index is 11.4. The highest BCUT2D eigenvalue weighted by Crippen LogP contribution is 2.32. The van der Waals surface area contributed by atoms with Crippen LogP contribution in [0.2, 0.25) is 0 Å². The van der Waals surface area contributed by atoms with Crippen LogP contribution in [-0.2, 0) is 4.79 Å². The molecule has 0 fully saturated rings. The highest BCUT2D eigenvalue weighted by molar-refractivity contribution is 7.80. The first-order valence-electron chi connectivity index (χ1n) is 7.28. The number of carbonyl (C=O) groups is 1. The Labute approximate surface area is 139 Å². The van der Waals surface area contributed by atoms with Crippen molar-refractivity contribution in [3.63, 3.8) is 0 Å². The van der Waals surface area contributed by atoms with E-state index in [0.717, 1.165) is 22.4 Å². The Bertz CT molecular complexity index is 757. The average Bonchev–Trinajstić information content (AvgIpc) is 2.57. The van der Waals surface area contributed by atoms with Crippen molar-refractivity contribution >= 4 is 29.0 Å². The van der Waals surface area contributed by atoms with Crippen molar-refractivity contribution in [1.82, 2.24) is 10.6 Å². The van der Waals surface area contributed by atoms with Gasteiger partial charge in [0.15, 0.2) is 5.11 Å². The minimum absolute atomic E-state index is 0.0631. The summed E-state index contributed by atoms with van der Waals surface area (Å²) in [7, 11) is 0. The summed E-state index contributed by atoms with van der Waals surface area (Å²) in [6.45, 7) is 0. The van der Waals surface area contributed by atoms with E-state index in [0.29, 0.717) is 5.11 Å². The lowest BCUT2D eigenvalue weighted by Crippen LogP contribution is -2.43. The van der Waals surface area contributed by atoms with Crippen molar-refractivity contribution in [2.75, 3.05) is 0 Å². The zero-order chi connectivity index (χ0) is 16.2. The number of hydrogen-bond acceptors (Lipinski definition) is 2. The number of carboxylic acid groups (broad SMARTS) is 1. The number of thiocarbonyl (C=S) groups is 1. The Morgan fingerprint density at radius 3 is 2.26 bits per heavy atom. The summed E-state index contributed by atoms with van der Waals surface area (Å²) in [6, 6.07) is 19.1. The van der Waals surface area contributed by atoms with Crippen molar-refractivity contribution in [3.05, 3.63) is 77.4 Å². The van der Waals surface area contributed by atoms with E-state index in [9.17, 15) is 9.90 Å². The zero-order valence-corrected chi connectivity index (χ0v) is 13.1. The highest BCUT2D eigenvalue weighted by Gasteiger charge is 2.28. The quantitative estimate of drug-likeness (QED) is 0.755. The van der Waals surface area contributed by atoms with Crippen LogP contribution in [0.1, 0.15) is 23.6 Å². The van der Waals surface area contributed by atoms with Gasteiger partial charge in [0, 0.05) is 5.70 Å². The molecule has 0 amide bonds. The molecule has 1 aliphatic rings. The topological polar surface area (TPSA) is 61.4 Å². The fourth-order valence-corrected chi connectivity index (χ4v) is 2.96. The van der Waals surface area contributed by atoms with Gasteiger partial charge in [-0.05, 0) is 28.9 Å². The van der Waals surface area contributed by atoms with Crippen LogP contribution in [0, 0.1) is 0 Å². The Morgan fingerprint density at radius 2 is 1.65 bits per heavy atom. The molecule has 3 N–H and O–H groups in total. The van der Waals surface area contributed by atoms with E-state index in [1.165, 1.54) is 0 Å². The Morgan fingerprint density at radius 1 is 1.04 bits per heavy atom. The van der Waals surface area contributed by atoms with Gasteiger partial charge >= 0.3 is 5.97 Å². The van der Waals surface area contributed by atoms with E-state index >= 15 is 0 Å². The van der Waals surface area contributed by atoms with Gasteiger partial charge in [-0.1, -0.05) is 60.7 Å². The van der Waals surface area contributed by atoms with Crippen LogP contribution in [0.3, 0.4) is 0 Å². The SMILES string of the molecule is O=C(O)CC1=C(c2ccccc2)NC(=S)NC1c1ccccc1. The highest BCUT2D eigenvalue weighted by atomic mass is 32.1. The van der Waals surface area contributed by atoms with E-state index in [1.807, 2.05) is 60.7 Å². The first-order chi connectivity index (χ1) is 11.1. The molecular formula is C18H16N2O2S. The fourth-order valence-electron chi connectivity index (χ4n) is 2.74. The summed E-state index contributed by atoms with van der Waals surface area (Å²) in [6.07, 6.45) is -0.0631. The number of rotatable bonds is 4. The second-order valence-electron chi connectivity index (χ2n) is 5.28. The first kappa shape index (κ1) is 15.2. The van der Waals surface area contributed by atoms with Crippen LogP contribution in [-0.4, -0.2) is 16.2 Å². The summed E-state index contributed by atoms with van der Waals surface area (Å²) in [5.41, 5.74) is 3.45. The lowest BCUT2D eigenvalue weighted by molar-refractivity contribution is -0.136. The van der Waals surface area contributed by atoms with Crippen molar-refractivity contribution < 1.29 is 9.90 Å². The number of benzene rings is 2. The molecule has 0 radical (unpaired) electrons. The van der Waals surface area contributed by atoms with Crippen LogP contribution >= 0.6 is 12.2 Å². The molecule has 23 heavy (non-hydrogen) atoms. The maximum atomic E-state index is 11.4. The Hall–Kier alpha value is -2.66. The smallest absolute Gasteiger partial charge is 0.307 e. The van der Waals surface area contributed by atoms with E-state index in [-0.39, 0.29) is 12.5 Å². The number of nitrogens with one attached hydrogen (secondary N) is 2. The van der Waals surface area contributed by atoms with Crippen LogP contribution in [0.15, 0.2) is 66.2 Å². The van der Waals surface area contributed by atoms with Crippen molar-refractivity contribution in [2.45, 2.75) is 12.5 Å². The van der Waals surface area contributed by atoms with Crippen molar-refractivity contribution in [2.24, 2.45) is 0 Å². The predicted molar refractivity (Wildman–Crippen MR) is 93.7 cm³/mol. The van der Waals surface area contributed by atoms with Crippen molar-refractivity contribution in [3.8, 4) is 0 Å². The van der Waals surface area contributed by atoms with Crippen LogP contribution in [0.4, 0.5) is 0 Å². The lowest BCUT2D eigenvalue weighted by atomic mass is 9.91. The molecule has 116 valence electrons. The largest absolute Gasteiger partial charge is 0.481 e. The van der Waals surface area contributed by atoms with Gasteiger partial charge in [0.25, 0.3) is 0 Å². The molecule has 2 aromatic rings. The van der Waals surface area contributed by atoms with Crippen LogP contribution in [0.5, 0.6) is 0 Å². The number of aliphatic carboxylic acids is 1. The second kappa shape index (κ2) is 6.62. The van der Waals surface area contributed by atoms with Gasteiger partial charge in [-0.25, -0.2) is 0 Å². The van der Waals surface area contributed by atoms with E-state index in [2.05, 4.69) is 10.6 Å². The van der Waals surface area contributed by atoms with Gasteiger partial charge in [0.05, 0.1) is 12.5 Å². The molecule has 1 atom stereocenters. The minimum Gasteiger partial charge on any atom is -0.481 e. The third-order valence-corrected chi connectivity index (χ3v) is 3.94. The molecule has 1 aliphatic heterocycles. The number of hydrogen-bond donors (Lipinski definition) is 3. The molecule has 2 aromatic carbocycles. The van der Waals surface area contributed by atoms with Crippen molar-refractivity contribution in [1.29, 1.82) is 0 Å². The molecule has 0 saturated heterocycles. The molecule has 1 heterocycles. The predicted octanol–water partition coefficient (Wildman–Crippen LogP) is 3.09. The molecule has 0 aromatic heterocycles. The Balaban J connectivity index is 2.14. The normalized spacial score (nSPS) is 17.4. The van der Waals surface area contributed by atoms with Crippen LogP contribution < -0.4 is 10.6 Å². The Kier molecular flexibility index (Phi) is 4.39. The summed E-state index contributed by atoms with van der Waals surface area (Å²) in [5, 5.41) is 16.1. The van der Waals surface area contributed by atoms with Gasteiger partial charge in [-0.2, -0.15) is 0 Å². The molecule has 0 aliphatic carbocycles. The average molecular weight is 324 g/mol. The fraction of sp³-hybridized carbons (Fsp3) is 0.111. The molecule has 0 spiro atoms. The first-order valence-corrected chi connectivity index (χ1v) is 7.68. The molecule has 3 rings (SSSR count). The summed E-state index contributed by atoms with van der Waals surface area (Å²) in [5.74, 6) is -0.870. The maximum Gasteiger partial charge on any atom is 0.307 e. The third kappa shape index (κ3) is 3.40. The van der Waals surface area contributed by atoms with E-state index < -0.39 is 5.97 Å². The van der Waals surface area contributed by atoms with Gasteiger partial charge < -0.3 is 15.7 Å². The standard InChI is InChI=1S/C18H16N2O2S/c21-15(22)11-14-16(12-7-3-1-4-8-12)19-18(23)20-17(14)13-9-5-2-6-10-13/h1-10,16H,11H2,(H,21,22)(H2,19,20,23). The van der Waals surface area contributed by atoms with Gasteiger partial charge in [0.1, 0.15) is 0 Å². The summed E-state index contributed by atoms with van der Waals surface area (Å²) in [4.78, 5) is 11.4. The molecule has 5 heteroatoms. The second-order valence-corrected chi connectivity index (χ2v) is 5.69. The molecule has 0 saturated carbocycles. The van der Waals surface area contributed by atoms with Gasteiger partial charge in [0.2, 0.25) is 0 Å². The zero-order valence-electron chi connectivity index (χ0n) is 12.3. The molecule has 4 nitrogen and oxygen atoms in total. The number of carboxylic acids is 1. The molecule has 0 bridgehead atoms. The third-order valence-electron chi connectivity index (χ3n) is 3.72. The molecular weight excluding hydrogens is 308 g/mol. The minimum atomic E-state index is -0.870. The van der Waals surface area contributed by atoms with Gasteiger partial charge in [-0.3, -0.25) is 4.79 Å². The molecule has 1 unspecified atom stereocenters. The van der Waals surface area contributed by atoms with E-state index in [1.54, 1.807) is 0 Å². The summed E-state index contributed by atoms with van der Waals surface area (Å²) >= 11 is 5.32. The van der Waals surface area contributed by atoms with Gasteiger partial charge in [-0.15, -0.1) is 0 Å². The monoisotopic (exact) mass is 324 g/mol. The summed E-state index contributed by atoms with van der Waals surface area (Å²) < 4.78 is 0. The lowest BCUT2D eigenvalue weighted by Gasteiger charge is -2.32.